The first-order valence-corrected chi connectivity index (χ1v) is 9.06. The maximum absolute atomic E-state index is 13.2. The zero-order valence-corrected chi connectivity index (χ0v) is 15.8. The lowest BCUT2D eigenvalue weighted by Gasteiger charge is -2.38. The van der Waals surface area contributed by atoms with Crippen molar-refractivity contribution >= 4 is 40.6 Å². The van der Waals surface area contributed by atoms with E-state index < -0.39 is 5.82 Å². The number of halogens is 3. The second kappa shape index (κ2) is 8.20. The summed E-state index contributed by atoms with van der Waals surface area (Å²) < 4.78 is 13.2. The molecule has 1 unspecified atom stereocenters. The average molecular weight is 397 g/mol. The zero-order chi connectivity index (χ0) is 18.7. The third-order valence-corrected chi connectivity index (χ3v) is 4.98. The van der Waals surface area contributed by atoms with Crippen LogP contribution < -0.4 is 10.2 Å². The molecule has 0 spiro atoms. The predicted octanol–water partition coefficient (Wildman–Crippen LogP) is 3.68. The molecule has 8 heteroatoms. The summed E-state index contributed by atoms with van der Waals surface area (Å²) in [4.78, 5) is 21.1. The molecule has 1 aromatic heterocycles. The number of piperazine rings is 1. The van der Waals surface area contributed by atoms with E-state index >= 15 is 0 Å². The van der Waals surface area contributed by atoms with Crippen molar-refractivity contribution in [3.8, 4) is 0 Å². The third-order valence-electron chi connectivity index (χ3n) is 4.46. The van der Waals surface area contributed by atoms with E-state index in [1.807, 2.05) is 19.1 Å². The minimum atomic E-state index is -0.510. The highest BCUT2D eigenvalue weighted by Crippen LogP contribution is 2.20. The summed E-state index contributed by atoms with van der Waals surface area (Å²) in [7, 11) is 0. The number of aromatic nitrogens is 1. The molecule has 0 saturated carbocycles. The molecular formula is C18H19Cl2FN4O. The number of nitrogens with zero attached hydrogens (tertiary/aromatic N) is 3. The fourth-order valence-corrected chi connectivity index (χ4v) is 3.17. The molecule has 1 amide bonds. The number of rotatable bonds is 4. The first-order valence-electron chi connectivity index (χ1n) is 8.30. The molecule has 1 fully saturated rings. The lowest BCUT2D eigenvalue weighted by molar-refractivity contribution is -0.120. The van der Waals surface area contributed by atoms with Gasteiger partial charge in [0, 0.05) is 38.1 Å². The third kappa shape index (κ3) is 4.44. The van der Waals surface area contributed by atoms with Crippen LogP contribution in [0.3, 0.4) is 0 Å². The van der Waals surface area contributed by atoms with E-state index in [2.05, 4.69) is 20.1 Å². The summed E-state index contributed by atoms with van der Waals surface area (Å²) in [6, 6.07) is 7.55. The summed E-state index contributed by atoms with van der Waals surface area (Å²) >= 11 is 11.6. The Labute approximate surface area is 161 Å². The summed E-state index contributed by atoms with van der Waals surface area (Å²) in [5.41, 5.74) is 0.484. The van der Waals surface area contributed by atoms with E-state index in [0.29, 0.717) is 10.7 Å². The number of anilines is 2. The van der Waals surface area contributed by atoms with Crippen molar-refractivity contribution in [2.45, 2.75) is 13.0 Å². The van der Waals surface area contributed by atoms with Crippen molar-refractivity contribution in [2.24, 2.45) is 0 Å². The van der Waals surface area contributed by atoms with Gasteiger partial charge < -0.3 is 10.2 Å². The van der Waals surface area contributed by atoms with Crippen molar-refractivity contribution in [1.82, 2.24) is 9.88 Å². The van der Waals surface area contributed by atoms with E-state index in [1.54, 1.807) is 6.20 Å². The zero-order valence-electron chi connectivity index (χ0n) is 14.3. The molecule has 1 aliphatic rings. The molecule has 138 valence electrons. The van der Waals surface area contributed by atoms with Crippen LogP contribution >= 0.6 is 23.2 Å². The van der Waals surface area contributed by atoms with Gasteiger partial charge in [-0.05, 0) is 37.3 Å². The van der Waals surface area contributed by atoms with Gasteiger partial charge in [0.2, 0.25) is 5.91 Å². The molecule has 1 atom stereocenters. The lowest BCUT2D eigenvalue weighted by Crippen LogP contribution is -2.53. The van der Waals surface area contributed by atoms with Gasteiger partial charge >= 0.3 is 0 Å². The van der Waals surface area contributed by atoms with Crippen LogP contribution in [0.4, 0.5) is 15.9 Å². The first-order chi connectivity index (χ1) is 12.4. The van der Waals surface area contributed by atoms with E-state index in [4.69, 9.17) is 23.2 Å². The molecule has 5 nitrogen and oxygen atoms in total. The number of nitrogens with one attached hydrogen (secondary N) is 1. The first kappa shape index (κ1) is 18.9. The fraction of sp³-hybridized carbons (Fsp3) is 0.333. The minimum Gasteiger partial charge on any atom is -0.354 e. The van der Waals surface area contributed by atoms with Gasteiger partial charge in [0.15, 0.2) is 0 Å². The van der Waals surface area contributed by atoms with Crippen LogP contribution in [-0.4, -0.2) is 48.0 Å². The molecule has 26 heavy (non-hydrogen) atoms. The minimum absolute atomic E-state index is 0.0143. The van der Waals surface area contributed by atoms with E-state index in [1.165, 1.54) is 18.2 Å². The number of benzene rings is 1. The topological polar surface area (TPSA) is 48.5 Å². The van der Waals surface area contributed by atoms with Crippen molar-refractivity contribution < 1.29 is 9.18 Å². The standard InChI is InChI=1S/C18H19Cl2FN4O/c1-12(18(26)23-14-3-4-16(21)15(20)10-14)24-6-8-25(9-7-24)17-5-2-13(19)11-22-17/h2-5,10-12H,6-9H2,1H3,(H,23,26). The number of hydrogen-bond donors (Lipinski definition) is 1. The van der Waals surface area contributed by atoms with Gasteiger partial charge in [-0.2, -0.15) is 0 Å². The Kier molecular flexibility index (Phi) is 5.96. The van der Waals surface area contributed by atoms with Gasteiger partial charge in [-0.1, -0.05) is 23.2 Å². The van der Waals surface area contributed by atoms with E-state index in [9.17, 15) is 9.18 Å². The maximum atomic E-state index is 13.2. The number of carbonyl (C=O) groups excluding carboxylic acids is 1. The second-order valence-corrected chi connectivity index (χ2v) is 7.00. The molecule has 0 aliphatic carbocycles. The monoisotopic (exact) mass is 396 g/mol. The summed E-state index contributed by atoms with van der Waals surface area (Å²) in [6.07, 6.45) is 1.63. The molecule has 1 aliphatic heterocycles. The van der Waals surface area contributed by atoms with Crippen LogP contribution in [0.5, 0.6) is 0 Å². The Morgan fingerprint density at radius 1 is 1.19 bits per heavy atom. The van der Waals surface area contributed by atoms with Crippen molar-refractivity contribution in [2.75, 3.05) is 36.4 Å². The van der Waals surface area contributed by atoms with Crippen LogP contribution in [0.15, 0.2) is 36.5 Å². The van der Waals surface area contributed by atoms with Gasteiger partial charge in [0.25, 0.3) is 0 Å². The van der Waals surface area contributed by atoms with Crippen LogP contribution in [-0.2, 0) is 4.79 Å². The lowest BCUT2D eigenvalue weighted by atomic mass is 10.2. The quantitative estimate of drug-likeness (QED) is 0.855. The Bertz CT molecular complexity index is 779. The smallest absolute Gasteiger partial charge is 0.241 e. The normalized spacial score (nSPS) is 16.4. The summed E-state index contributed by atoms with van der Waals surface area (Å²) in [5.74, 6) is 0.225. The molecule has 2 aromatic rings. The molecule has 2 heterocycles. The largest absolute Gasteiger partial charge is 0.354 e. The predicted molar refractivity (Wildman–Crippen MR) is 103 cm³/mol. The van der Waals surface area contributed by atoms with Crippen molar-refractivity contribution in [3.63, 3.8) is 0 Å². The Hall–Kier alpha value is -1.89. The molecule has 1 aromatic carbocycles. The number of hydrogen-bond acceptors (Lipinski definition) is 4. The fourth-order valence-electron chi connectivity index (χ4n) is 2.88. The van der Waals surface area contributed by atoms with E-state index in [0.717, 1.165) is 32.0 Å². The van der Waals surface area contributed by atoms with Gasteiger partial charge in [0.05, 0.1) is 16.1 Å². The second-order valence-electron chi connectivity index (χ2n) is 6.15. The van der Waals surface area contributed by atoms with Crippen LogP contribution in [0.25, 0.3) is 0 Å². The Morgan fingerprint density at radius 2 is 1.92 bits per heavy atom. The highest BCUT2D eigenvalue weighted by atomic mass is 35.5. The number of carbonyl (C=O) groups is 1. The average Bonchev–Trinajstić information content (AvgIpc) is 2.65. The molecular weight excluding hydrogens is 378 g/mol. The van der Waals surface area contributed by atoms with E-state index in [-0.39, 0.29) is 17.0 Å². The SMILES string of the molecule is CC(C(=O)Nc1ccc(F)c(Cl)c1)N1CCN(c2ccc(Cl)cn2)CC1. The van der Waals surface area contributed by atoms with Gasteiger partial charge in [-0.3, -0.25) is 9.69 Å². The van der Waals surface area contributed by atoms with Crippen LogP contribution in [0, 0.1) is 5.82 Å². The molecule has 1 N–H and O–H groups in total. The molecule has 0 bridgehead atoms. The highest BCUT2D eigenvalue weighted by molar-refractivity contribution is 6.31. The van der Waals surface area contributed by atoms with Gasteiger partial charge in [-0.15, -0.1) is 0 Å². The molecule has 0 radical (unpaired) electrons. The van der Waals surface area contributed by atoms with Crippen molar-refractivity contribution in [3.05, 3.63) is 52.4 Å². The maximum Gasteiger partial charge on any atom is 0.241 e. The van der Waals surface area contributed by atoms with Gasteiger partial charge in [0.1, 0.15) is 11.6 Å². The number of pyridine rings is 1. The highest BCUT2D eigenvalue weighted by Gasteiger charge is 2.26. The molecule has 1 saturated heterocycles. The molecule has 3 rings (SSSR count). The van der Waals surface area contributed by atoms with Crippen LogP contribution in [0.1, 0.15) is 6.92 Å². The summed E-state index contributed by atoms with van der Waals surface area (Å²) in [5, 5.41) is 3.38. The number of amides is 1. The Morgan fingerprint density at radius 3 is 2.54 bits per heavy atom. The van der Waals surface area contributed by atoms with Gasteiger partial charge in [-0.25, -0.2) is 9.37 Å². The van der Waals surface area contributed by atoms with Crippen molar-refractivity contribution in [1.29, 1.82) is 0 Å². The Balaban J connectivity index is 1.55. The summed E-state index contributed by atoms with van der Waals surface area (Å²) in [6.45, 7) is 4.88. The van der Waals surface area contributed by atoms with Crippen LogP contribution in [0.2, 0.25) is 10.0 Å².